The number of amides is 2. The maximum absolute atomic E-state index is 13.2. The van der Waals surface area contributed by atoms with Crippen molar-refractivity contribution in [3.63, 3.8) is 0 Å². The summed E-state index contributed by atoms with van der Waals surface area (Å²) in [5.74, 6) is -0.0143. The molecular weight excluding hydrogens is 370 g/mol. The van der Waals surface area contributed by atoms with Crippen LogP contribution in [0.25, 0.3) is 11.0 Å². The van der Waals surface area contributed by atoms with Crippen LogP contribution in [0.4, 0.5) is 4.79 Å². The zero-order chi connectivity index (χ0) is 21.3. The molecule has 3 rings (SSSR count). The first-order valence-electron chi connectivity index (χ1n) is 10.2. The zero-order valence-corrected chi connectivity index (χ0v) is 18.2. The molecule has 2 aromatic heterocycles. The summed E-state index contributed by atoms with van der Waals surface area (Å²) in [6, 6.07) is 2.01. The summed E-state index contributed by atoms with van der Waals surface area (Å²) in [7, 11) is 0. The molecule has 0 unspecified atom stereocenters. The van der Waals surface area contributed by atoms with E-state index in [0.29, 0.717) is 31.5 Å². The summed E-state index contributed by atoms with van der Waals surface area (Å²) in [4.78, 5) is 31.6. The second-order valence-electron chi connectivity index (χ2n) is 8.94. The van der Waals surface area contributed by atoms with E-state index in [-0.39, 0.29) is 18.0 Å². The molecule has 0 spiro atoms. The number of likely N-dealkylation sites (tertiary alicyclic amines) is 1. The molecule has 0 aliphatic carbocycles. The fourth-order valence-electron chi connectivity index (χ4n) is 3.57. The monoisotopic (exact) mass is 401 g/mol. The van der Waals surface area contributed by atoms with Gasteiger partial charge in [0.15, 0.2) is 5.65 Å². The second-order valence-corrected chi connectivity index (χ2v) is 8.94. The number of hydrogen-bond acceptors (Lipinski definition) is 5. The first kappa shape index (κ1) is 21.1. The zero-order valence-electron chi connectivity index (χ0n) is 18.2. The molecular formula is C21H31N5O3. The molecule has 29 heavy (non-hydrogen) atoms. The molecule has 1 saturated heterocycles. The Morgan fingerprint density at radius 1 is 1.24 bits per heavy atom. The number of hydrogen-bond donors (Lipinski definition) is 1. The van der Waals surface area contributed by atoms with E-state index in [0.717, 1.165) is 16.7 Å². The van der Waals surface area contributed by atoms with Gasteiger partial charge in [0.1, 0.15) is 5.60 Å². The Hall–Kier alpha value is -2.64. The highest BCUT2D eigenvalue weighted by atomic mass is 16.6. The summed E-state index contributed by atoms with van der Waals surface area (Å²) in [6.45, 7) is 12.7. The van der Waals surface area contributed by atoms with Crippen molar-refractivity contribution >= 4 is 23.0 Å². The molecule has 0 aromatic carbocycles. The van der Waals surface area contributed by atoms with E-state index >= 15 is 0 Å². The lowest BCUT2D eigenvalue weighted by Gasteiger charge is -2.33. The first-order chi connectivity index (χ1) is 13.5. The molecule has 0 atom stereocenters. The molecule has 0 bridgehead atoms. The van der Waals surface area contributed by atoms with E-state index < -0.39 is 11.7 Å². The van der Waals surface area contributed by atoms with Gasteiger partial charge in [-0.05, 0) is 60.5 Å². The van der Waals surface area contributed by atoms with Crippen LogP contribution in [0.1, 0.15) is 69.6 Å². The van der Waals surface area contributed by atoms with Crippen LogP contribution < -0.4 is 5.32 Å². The fourth-order valence-corrected chi connectivity index (χ4v) is 3.57. The highest BCUT2D eigenvalue weighted by Crippen LogP contribution is 2.24. The number of piperidine rings is 1. The van der Waals surface area contributed by atoms with E-state index in [2.05, 4.69) is 15.4 Å². The summed E-state index contributed by atoms with van der Waals surface area (Å²) in [6.07, 6.45) is 2.72. The minimum atomic E-state index is -0.522. The van der Waals surface area contributed by atoms with Crippen molar-refractivity contribution in [3.05, 3.63) is 23.5 Å². The van der Waals surface area contributed by atoms with Gasteiger partial charge in [-0.2, -0.15) is 5.10 Å². The van der Waals surface area contributed by atoms with Crippen LogP contribution in [0.5, 0.6) is 0 Å². The van der Waals surface area contributed by atoms with Gasteiger partial charge in [0.05, 0.1) is 17.1 Å². The van der Waals surface area contributed by atoms with Gasteiger partial charge in [-0.25, -0.2) is 14.5 Å². The maximum Gasteiger partial charge on any atom is 0.407 e. The molecule has 1 aliphatic heterocycles. The number of fused-ring (bicyclic) bond motifs is 1. The van der Waals surface area contributed by atoms with Gasteiger partial charge >= 0.3 is 6.09 Å². The number of ether oxygens (including phenoxy) is 1. The van der Waals surface area contributed by atoms with Crippen LogP contribution in [-0.4, -0.2) is 56.4 Å². The molecule has 8 nitrogen and oxygen atoms in total. The number of nitrogens with one attached hydrogen (secondary N) is 1. The maximum atomic E-state index is 13.2. The number of alkyl carbamates (subject to hydrolysis) is 1. The van der Waals surface area contributed by atoms with Crippen LogP contribution in [0.2, 0.25) is 0 Å². The molecule has 2 amide bonds. The van der Waals surface area contributed by atoms with Crippen molar-refractivity contribution in [2.45, 2.75) is 72.1 Å². The van der Waals surface area contributed by atoms with Crippen molar-refractivity contribution in [1.82, 2.24) is 25.0 Å². The van der Waals surface area contributed by atoms with Crippen molar-refractivity contribution in [2.75, 3.05) is 13.1 Å². The summed E-state index contributed by atoms with van der Waals surface area (Å²) in [5.41, 5.74) is 1.65. The Balaban J connectivity index is 1.69. The van der Waals surface area contributed by atoms with E-state index in [1.54, 1.807) is 6.20 Å². The number of carbonyl (C=O) groups excluding carboxylic acids is 2. The molecule has 0 saturated carbocycles. The van der Waals surface area contributed by atoms with Crippen LogP contribution in [0, 0.1) is 6.92 Å². The van der Waals surface area contributed by atoms with E-state index in [1.165, 1.54) is 0 Å². The average molecular weight is 402 g/mol. The quantitative estimate of drug-likeness (QED) is 0.851. The van der Waals surface area contributed by atoms with E-state index in [4.69, 9.17) is 4.74 Å². The molecule has 1 fully saturated rings. The molecule has 0 radical (unpaired) electrons. The van der Waals surface area contributed by atoms with Crippen molar-refractivity contribution in [1.29, 1.82) is 0 Å². The number of rotatable bonds is 3. The number of aryl methyl sites for hydroxylation is 1. The van der Waals surface area contributed by atoms with Gasteiger partial charge in [0, 0.05) is 30.9 Å². The number of nitrogens with zero attached hydrogens (tertiary/aromatic N) is 4. The van der Waals surface area contributed by atoms with Gasteiger partial charge in [0.25, 0.3) is 5.91 Å². The lowest BCUT2D eigenvalue weighted by molar-refractivity contribution is 0.0474. The molecule has 8 heteroatoms. The van der Waals surface area contributed by atoms with Gasteiger partial charge in [-0.1, -0.05) is 0 Å². The summed E-state index contributed by atoms with van der Waals surface area (Å²) in [5, 5.41) is 8.11. The van der Waals surface area contributed by atoms with E-state index in [9.17, 15) is 9.59 Å². The van der Waals surface area contributed by atoms with Crippen LogP contribution >= 0.6 is 0 Å². The smallest absolute Gasteiger partial charge is 0.407 e. The third kappa shape index (κ3) is 4.86. The van der Waals surface area contributed by atoms with Crippen molar-refractivity contribution < 1.29 is 14.3 Å². The molecule has 1 N–H and O–H groups in total. The standard InChI is InChI=1S/C21H31N5O3/c1-13(2)26-18-17(12-22-26)16(11-14(3)23-18)19(27)25-9-7-15(8-10-25)24-20(28)29-21(4,5)6/h11-13,15H,7-10H2,1-6H3,(H,24,28). The van der Waals surface area contributed by atoms with Crippen LogP contribution in [-0.2, 0) is 4.74 Å². The predicted molar refractivity (Wildman–Crippen MR) is 111 cm³/mol. The summed E-state index contributed by atoms with van der Waals surface area (Å²) < 4.78 is 7.16. The SMILES string of the molecule is Cc1cc(C(=O)N2CCC(NC(=O)OC(C)(C)C)CC2)c2cnn(C(C)C)c2n1. The van der Waals surface area contributed by atoms with Crippen LogP contribution in [0.15, 0.2) is 12.3 Å². The normalized spacial score (nSPS) is 15.8. The first-order valence-corrected chi connectivity index (χ1v) is 10.2. The Morgan fingerprint density at radius 3 is 2.48 bits per heavy atom. The minimum absolute atomic E-state index is 0.0109. The topological polar surface area (TPSA) is 89.4 Å². The van der Waals surface area contributed by atoms with Gasteiger partial charge in [-0.15, -0.1) is 0 Å². The highest BCUT2D eigenvalue weighted by Gasteiger charge is 2.28. The number of aromatic nitrogens is 3. The minimum Gasteiger partial charge on any atom is -0.444 e. The van der Waals surface area contributed by atoms with Crippen molar-refractivity contribution in [2.24, 2.45) is 0 Å². The van der Waals surface area contributed by atoms with E-state index in [1.807, 2.05) is 57.2 Å². The summed E-state index contributed by atoms with van der Waals surface area (Å²) >= 11 is 0. The Bertz CT molecular complexity index is 905. The largest absolute Gasteiger partial charge is 0.444 e. The fraction of sp³-hybridized carbons (Fsp3) is 0.619. The van der Waals surface area contributed by atoms with Gasteiger partial charge < -0.3 is 15.0 Å². The number of pyridine rings is 1. The predicted octanol–water partition coefficient (Wildman–Crippen LogP) is 3.45. The third-order valence-corrected chi connectivity index (χ3v) is 4.92. The van der Waals surface area contributed by atoms with Gasteiger partial charge in [0.2, 0.25) is 0 Å². The van der Waals surface area contributed by atoms with Crippen LogP contribution in [0.3, 0.4) is 0 Å². The lowest BCUT2D eigenvalue weighted by atomic mass is 10.0. The third-order valence-electron chi connectivity index (χ3n) is 4.92. The molecule has 3 heterocycles. The molecule has 158 valence electrons. The Labute approximate surface area is 171 Å². The highest BCUT2D eigenvalue weighted by molar-refractivity contribution is 6.05. The number of carbonyl (C=O) groups is 2. The van der Waals surface area contributed by atoms with Gasteiger partial charge in [-0.3, -0.25) is 4.79 Å². The Kier molecular flexibility index (Phi) is 5.82. The second kappa shape index (κ2) is 8.00. The molecule has 2 aromatic rings. The average Bonchev–Trinajstić information content (AvgIpc) is 3.03. The lowest BCUT2D eigenvalue weighted by Crippen LogP contribution is -2.47. The molecule has 1 aliphatic rings. The van der Waals surface area contributed by atoms with Crippen molar-refractivity contribution in [3.8, 4) is 0 Å². The Morgan fingerprint density at radius 2 is 1.90 bits per heavy atom.